The van der Waals surface area contributed by atoms with Crippen LogP contribution in [0.3, 0.4) is 0 Å². The van der Waals surface area contributed by atoms with E-state index in [0.717, 1.165) is 31.7 Å². The summed E-state index contributed by atoms with van der Waals surface area (Å²) in [6.45, 7) is 1.65. The van der Waals surface area contributed by atoms with Crippen molar-refractivity contribution in [2.75, 3.05) is 24.0 Å². The van der Waals surface area contributed by atoms with Crippen LogP contribution in [0.5, 0.6) is 0 Å². The highest BCUT2D eigenvalue weighted by Crippen LogP contribution is 2.30. The molecule has 0 fully saturated rings. The number of sulfonamides is 1. The third-order valence-corrected chi connectivity index (χ3v) is 8.66. The van der Waals surface area contributed by atoms with Crippen LogP contribution in [0.15, 0.2) is 102 Å². The number of aliphatic hydroxyl groups is 2. The maximum Gasteiger partial charge on any atom is 0.264 e. The van der Waals surface area contributed by atoms with E-state index in [1.165, 1.54) is 18.2 Å². The van der Waals surface area contributed by atoms with E-state index in [-0.39, 0.29) is 42.4 Å². The zero-order valence-electron chi connectivity index (χ0n) is 22.1. The van der Waals surface area contributed by atoms with Crippen LogP contribution in [-0.4, -0.2) is 54.9 Å². The standard InChI is InChI=1S/C31H31N3O5S/c1-22-13-15-26(16-14-22)40(38,39)34(24-8-6-7-23(19-24)31(37)32-17-18-35)21-25(36)20-33-29-11-4-2-9-27(29)28-10-3-5-12-30(28)33/h2-16,19,25,35-36H,17-18,20-21H2,1H3,(H,32,37)/t25-/m1/s1. The molecule has 0 aliphatic heterocycles. The van der Waals surface area contributed by atoms with Crippen LogP contribution in [0, 0.1) is 6.92 Å². The topological polar surface area (TPSA) is 112 Å². The van der Waals surface area contributed by atoms with Gasteiger partial charge in [-0.05, 0) is 49.4 Å². The van der Waals surface area contributed by atoms with E-state index < -0.39 is 22.0 Å². The van der Waals surface area contributed by atoms with Gasteiger partial charge >= 0.3 is 0 Å². The summed E-state index contributed by atoms with van der Waals surface area (Å²) in [5, 5.41) is 25.1. The van der Waals surface area contributed by atoms with Crippen molar-refractivity contribution in [3.05, 3.63) is 108 Å². The van der Waals surface area contributed by atoms with Crippen molar-refractivity contribution in [2.45, 2.75) is 24.5 Å². The number of para-hydroxylation sites is 2. The van der Waals surface area contributed by atoms with Gasteiger partial charge in [0.1, 0.15) is 0 Å². The average molecular weight is 558 g/mol. The highest BCUT2D eigenvalue weighted by atomic mass is 32.2. The van der Waals surface area contributed by atoms with Gasteiger partial charge in [0, 0.05) is 33.9 Å². The number of nitrogens with zero attached hydrogens (tertiary/aromatic N) is 2. The van der Waals surface area contributed by atoms with Crippen molar-refractivity contribution < 1.29 is 23.4 Å². The number of aromatic nitrogens is 1. The van der Waals surface area contributed by atoms with Crippen molar-refractivity contribution in [2.24, 2.45) is 0 Å². The first-order valence-corrected chi connectivity index (χ1v) is 14.5. The van der Waals surface area contributed by atoms with Crippen molar-refractivity contribution in [3.63, 3.8) is 0 Å². The number of carbonyl (C=O) groups is 1. The monoisotopic (exact) mass is 557 g/mol. The lowest BCUT2D eigenvalue weighted by molar-refractivity contribution is 0.0944. The van der Waals surface area contributed by atoms with E-state index in [1.807, 2.05) is 60.0 Å². The molecule has 0 bridgehead atoms. The fourth-order valence-electron chi connectivity index (χ4n) is 4.91. The summed E-state index contributed by atoms with van der Waals surface area (Å²) in [5.74, 6) is -0.436. The van der Waals surface area contributed by atoms with Gasteiger partial charge < -0.3 is 20.1 Å². The summed E-state index contributed by atoms with van der Waals surface area (Å²) in [6, 6.07) is 28.6. The van der Waals surface area contributed by atoms with E-state index in [9.17, 15) is 18.3 Å². The number of benzene rings is 4. The van der Waals surface area contributed by atoms with Crippen molar-refractivity contribution in [3.8, 4) is 0 Å². The van der Waals surface area contributed by atoms with E-state index >= 15 is 0 Å². The molecule has 0 aliphatic carbocycles. The Hall–Kier alpha value is -4.18. The third-order valence-electron chi connectivity index (χ3n) is 6.85. The van der Waals surface area contributed by atoms with Gasteiger partial charge in [-0.2, -0.15) is 0 Å². The van der Waals surface area contributed by atoms with E-state index in [4.69, 9.17) is 5.11 Å². The van der Waals surface area contributed by atoms with Gasteiger partial charge in [-0.3, -0.25) is 9.10 Å². The normalized spacial score (nSPS) is 12.5. The number of anilines is 1. The van der Waals surface area contributed by atoms with Gasteiger partial charge in [0.25, 0.3) is 15.9 Å². The second kappa shape index (κ2) is 11.5. The summed E-state index contributed by atoms with van der Waals surface area (Å²) in [4.78, 5) is 12.7. The molecule has 0 aliphatic rings. The fraction of sp³-hybridized carbons (Fsp3) is 0.194. The minimum Gasteiger partial charge on any atom is -0.395 e. The Kier molecular flexibility index (Phi) is 7.88. The SMILES string of the molecule is Cc1ccc(S(=O)(=O)N(C[C@H](O)Cn2c3ccccc3c3ccccc32)c2cccc(C(=O)NCCO)c2)cc1. The maximum atomic E-state index is 13.9. The minimum atomic E-state index is -4.10. The summed E-state index contributed by atoms with van der Waals surface area (Å²) >= 11 is 0. The Morgan fingerprint density at radius 3 is 2.15 bits per heavy atom. The molecule has 0 unspecified atom stereocenters. The summed E-state index contributed by atoms with van der Waals surface area (Å²) in [7, 11) is -4.10. The van der Waals surface area contributed by atoms with Gasteiger partial charge in [-0.1, -0.05) is 60.2 Å². The van der Waals surface area contributed by atoms with Gasteiger partial charge in [0.2, 0.25) is 0 Å². The highest BCUT2D eigenvalue weighted by molar-refractivity contribution is 7.92. The zero-order valence-corrected chi connectivity index (χ0v) is 22.9. The molecule has 5 aromatic rings. The van der Waals surface area contributed by atoms with Crippen LogP contribution < -0.4 is 9.62 Å². The molecule has 0 spiro atoms. The van der Waals surface area contributed by atoms with E-state index in [2.05, 4.69) is 5.32 Å². The zero-order chi connectivity index (χ0) is 28.3. The minimum absolute atomic E-state index is 0.0753. The third kappa shape index (κ3) is 5.44. The molecule has 1 atom stereocenters. The lowest BCUT2D eigenvalue weighted by Crippen LogP contribution is -2.39. The summed E-state index contributed by atoms with van der Waals surface area (Å²) < 4.78 is 31.0. The number of rotatable bonds is 10. The van der Waals surface area contributed by atoms with Crippen LogP contribution in [-0.2, 0) is 16.6 Å². The predicted molar refractivity (Wildman–Crippen MR) is 157 cm³/mol. The smallest absolute Gasteiger partial charge is 0.264 e. The van der Waals surface area contributed by atoms with Crippen LogP contribution in [0.2, 0.25) is 0 Å². The fourth-order valence-corrected chi connectivity index (χ4v) is 6.41. The van der Waals surface area contributed by atoms with Crippen LogP contribution in [0.1, 0.15) is 15.9 Å². The first kappa shape index (κ1) is 27.4. The number of carbonyl (C=O) groups excluding carboxylic acids is 1. The largest absolute Gasteiger partial charge is 0.395 e. The first-order chi connectivity index (χ1) is 19.3. The quantitative estimate of drug-likeness (QED) is 0.240. The molecule has 0 radical (unpaired) electrons. The molecular weight excluding hydrogens is 526 g/mol. The number of hydrogen-bond donors (Lipinski definition) is 3. The Balaban J connectivity index is 1.53. The number of nitrogens with one attached hydrogen (secondary N) is 1. The van der Waals surface area contributed by atoms with Gasteiger partial charge in [-0.25, -0.2) is 8.42 Å². The molecule has 40 heavy (non-hydrogen) atoms. The number of amides is 1. The highest BCUT2D eigenvalue weighted by Gasteiger charge is 2.28. The molecule has 206 valence electrons. The average Bonchev–Trinajstić information content (AvgIpc) is 3.28. The number of fused-ring (bicyclic) bond motifs is 3. The molecule has 5 rings (SSSR count). The molecule has 4 aromatic carbocycles. The van der Waals surface area contributed by atoms with Crippen molar-refractivity contribution >= 4 is 43.4 Å². The van der Waals surface area contributed by atoms with Crippen LogP contribution >= 0.6 is 0 Å². The molecule has 1 heterocycles. The first-order valence-electron chi connectivity index (χ1n) is 13.0. The van der Waals surface area contributed by atoms with Gasteiger partial charge in [-0.15, -0.1) is 0 Å². The summed E-state index contributed by atoms with van der Waals surface area (Å²) in [5.41, 5.74) is 3.29. The predicted octanol–water partition coefficient (Wildman–Crippen LogP) is 4.08. The molecule has 1 aromatic heterocycles. The molecule has 3 N–H and O–H groups in total. The second-order valence-corrected chi connectivity index (χ2v) is 11.5. The molecule has 8 nitrogen and oxygen atoms in total. The number of aliphatic hydroxyl groups excluding tert-OH is 2. The van der Waals surface area contributed by atoms with Crippen LogP contribution in [0.25, 0.3) is 21.8 Å². The Bertz CT molecular complexity index is 1710. The summed E-state index contributed by atoms with van der Waals surface area (Å²) in [6.07, 6.45) is -1.08. The van der Waals surface area contributed by atoms with E-state index in [0.29, 0.717) is 0 Å². The maximum absolute atomic E-state index is 13.9. The molecule has 1 amide bonds. The van der Waals surface area contributed by atoms with Gasteiger partial charge in [0.05, 0.1) is 36.4 Å². The second-order valence-electron chi connectivity index (χ2n) is 9.68. The number of aryl methyl sites for hydroxylation is 1. The molecule has 0 saturated heterocycles. The lowest BCUT2D eigenvalue weighted by atomic mass is 10.2. The molecule has 0 saturated carbocycles. The Labute approximate surface area is 233 Å². The Morgan fingerprint density at radius 2 is 1.52 bits per heavy atom. The molecule has 9 heteroatoms. The van der Waals surface area contributed by atoms with Crippen LogP contribution in [0.4, 0.5) is 5.69 Å². The van der Waals surface area contributed by atoms with Crippen molar-refractivity contribution in [1.29, 1.82) is 0 Å². The Morgan fingerprint density at radius 1 is 0.900 bits per heavy atom. The number of hydrogen-bond acceptors (Lipinski definition) is 5. The molecular formula is C31H31N3O5S. The lowest BCUT2D eigenvalue weighted by Gasteiger charge is -2.28. The van der Waals surface area contributed by atoms with Crippen molar-refractivity contribution in [1.82, 2.24) is 9.88 Å². The van der Waals surface area contributed by atoms with Gasteiger partial charge in [0.15, 0.2) is 0 Å². The van der Waals surface area contributed by atoms with E-state index in [1.54, 1.807) is 30.3 Å².